The average molecular weight is 272 g/mol. The third-order valence-corrected chi connectivity index (χ3v) is 3.36. The topological polar surface area (TPSA) is 62.2 Å². The molecule has 2 aromatic rings. The van der Waals surface area contributed by atoms with Crippen molar-refractivity contribution in [2.75, 3.05) is 0 Å². The predicted octanol–water partition coefficient (Wildman–Crippen LogP) is 2.97. The summed E-state index contributed by atoms with van der Waals surface area (Å²) in [7, 11) is 0. The second-order valence-electron chi connectivity index (χ2n) is 4.94. The number of fused-ring (bicyclic) bond motifs is 1. The molecule has 0 saturated heterocycles. The number of nitrogens with zero attached hydrogens (tertiary/aromatic N) is 1. The number of carboxylic acids is 1. The molecule has 0 fully saturated rings. The number of pyridine rings is 1. The summed E-state index contributed by atoms with van der Waals surface area (Å²) in [5, 5.41) is 13.4. The van der Waals surface area contributed by atoms with Gasteiger partial charge in [-0.15, -0.1) is 0 Å². The molecule has 1 aromatic carbocycles. The van der Waals surface area contributed by atoms with Crippen molar-refractivity contribution in [2.45, 2.75) is 38.8 Å². The smallest absolute Gasteiger partial charge is 0.320 e. The molecule has 106 valence electrons. The first-order valence-corrected chi connectivity index (χ1v) is 7.00. The third-order valence-electron chi connectivity index (χ3n) is 3.36. The lowest BCUT2D eigenvalue weighted by Gasteiger charge is -2.14. The van der Waals surface area contributed by atoms with E-state index < -0.39 is 12.0 Å². The van der Waals surface area contributed by atoms with Gasteiger partial charge in [-0.3, -0.25) is 9.78 Å². The van der Waals surface area contributed by atoms with E-state index in [-0.39, 0.29) is 0 Å². The minimum absolute atomic E-state index is 0.473. The number of benzene rings is 1. The molecule has 0 bridgehead atoms. The van der Waals surface area contributed by atoms with E-state index in [1.165, 1.54) is 0 Å². The molecule has 0 aliphatic carbocycles. The number of aromatic nitrogens is 1. The Hall–Kier alpha value is -1.94. The van der Waals surface area contributed by atoms with Gasteiger partial charge in [0, 0.05) is 18.1 Å². The van der Waals surface area contributed by atoms with Crippen LogP contribution in [0.2, 0.25) is 0 Å². The number of hydrogen-bond donors (Lipinski definition) is 2. The van der Waals surface area contributed by atoms with Crippen LogP contribution in [0.1, 0.15) is 31.7 Å². The van der Waals surface area contributed by atoms with Gasteiger partial charge in [0.25, 0.3) is 0 Å². The lowest BCUT2D eigenvalue weighted by Crippen LogP contribution is -2.36. The van der Waals surface area contributed by atoms with Crippen LogP contribution in [0.15, 0.2) is 36.5 Å². The van der Waals surface area contributed by atoms with E-state index in [1.54, 1.807) is 6.20 Å². The van der Waals surface area contributed by atoms with Crippen LogP contribution in [0, 0.1) is 0 Å². The van der Waals surface area contributed by atoms with Gasteiger partial charge >= 0.3 is 5.97 Å². The van der Waals surface area contributed by atoms with Crippen molar-refractivity contribution in [3.8, 4) is 0 Å². The van der Waals surface area contributed by atoms with Crippen molar-refractivity contribution in [1.29, 1.82) is 0 Å². The molecule has 2 rings (SSSR count). The van der Waals surface area contributed by atoms with E-state index >= 15 is 0 Å². The van der Waals surface area contributed by atoms with E-state index in [0.717, 1.165) is 29.3 Å². The normalized spacial score (nSPS) is 12.4. The van der Waals surface area contributed by atoms with Crippen LogP contribution < -0.4 is 5.32 Å². The highest BCUT2D eigenvalue weighted by Gasteiger charge is 2.15. The summed E-state index contributed by atoms with van der Waals surface area (Å²) in [6, 6.07) is 9.45. The minimum atomic E-state index is -0.777. The molecule has 20 heavy (non-hydrogen) atoms. The van der Waals surface area contributed by atoms with Crippen molar-refractivity contribution in [2.24, 2.45) is 0 Å². The molecule has 0 spiro atoms. The van der Waals surface area contributed by atoms with Crippen molar-refractivity contribution >= 4 is 16.9 Å². The number of carbonyl (C=O) groups is 1. The van der Waals surface area contributed by atoms with Crippen molar-refractivity contribution in [3.05, 3.63) is 42.1 Å². The molecule has 1 aromatic heterocycles. The van der Waals surface area contributed by atoms with Gasteiger partial charge < -0.3 is 10.4 Å². The molecule has 1 heterocycles. The number of rotatable bonds is 7. The Kier molecular flexibility index (Phi) is 5.07. The molecule has 1 unspecified atom stereocenters. The van der Waals surface area contributed by atoms with E-state index in [9.17, 15) is 9.90 Å². The largest absolute Gasteiger partial charge is 0.480 e. The Morgan fingerprint density at radius 1 is 1.40 bits per heavy atom. The molecule has 0 saturated carbocycles. The van der Waals surface area contributed by atoms with Crippen LogP contribution >= 0.6 is 0 Å². The fourth-order valence-electron chi connectivity index (χ4n) is 2.20. The fourth-order valence-corrected chi connectivity index (χ4v) is 2.20. The maximum atomic E-state index is 11.2. The summed E-state index contributed by atoms with van der Waals surface area (Å²) in [6.07, 6.45) is 4.37. The zero-order valence-corrected chi connectivity index (χ0v) is 11.7. The molecule has 4 nitrogen and oxygen atoms in total. The van der Waals surface area contributed by atoms with Crippen LogP contribution in [0.25, 0.3) is 10.9 Å². The summed E-state index contributed by atoms with van der Waals surface area (Å²) in [4.78, 5) is 15.4. The number of aliphatic carboxylic acids is 1. The average Bonchev–Trinajstić information content (AvgIpc) is 2.46. The lowest BCUT2D eigenvalue weighted by atomic mass is 10.1. The molecule has 1 atom stereocenters. The summed E-state index contributed by atoms with van der Waals surface area (Å²) >= 11 is 0. The molecule has 0 aliphatic rings. The Bertz CT molecular complexity index is 583. The van der Waals surface area contributed by atoms with E-state index in [0.29, 0.717) is 13.0 Å². The number of unbranched alkanes of at least 4 members (excludes halogenated alkanes) is 1. The Morgan fingerprint density at radius 3 is 3.00 bits per heavy atom. The maximum Gasteiger partial charge on any atom is 0.320 e. The van der Waals surface area contributed by atoms with Gasteiger partial charge in [0.05, 0.1) is 5.52 Å². The lowest BCUT2D eigenvalue weighted by molar-refractivity contribution is -0.139. The van der Waals surface area contributed by atoms with Crippen LogP contribution in [-0.2, 0) is 11.3 Å². The highest BCUT2D eigenvalue weighted by molar-refractivity contribution is 5.79. The zero-order valence-electron chi connectivity index (χ0n) is 11.7. The van der Waals surface area contributed by atoms with Gasteiger partial charge in [0.2, 0.25) is 0 Å². The number of nitrogens with one attached hydrogen (secondary N) is 1. The second-order valence-corrected chi connectivity index (χ2v) is 4.94. The first-order valence-electron chi connectivity index (χ1n) is 7.00. The SMILES string of the molecule is CCCCC(NCc1ccc2ncccc2c1)C(=O)O. The van der Waals surface area contributed by atoms with Gasteiger partial charge in [-0.25, -0.2) is 0 Å². The third kappa shape index (κ3) is 3.78. The first-order chi connectivity index (χ1) is 9.70. The van der Waals surface area contributed by atoms with Gasteiger partial charge in [-0.2, -0.15) is 0 Å². The van der Waals surface area contributed by atoms with E-state index in [1.807, 2.05) is 30.3 Å². The molecule has 0 aliphatic heterocycles. The monoisotopic (exact) mass is 272 g/mol. The quantitative estimate of drug-likeness (QED) is 0.813. The van der Waals surface area contributed by atoms with Crippen LogP contribution in [0.4, 0.5) is 0 Å². The van der Waals surface area contributed by atoms with Crippen molar-refractivity contribution in [1.82, 2.24) is 10.3 Å². The van der Waals surface area contributed by atoms with E-state index in [2.05, 4.69) is 17.2 Å². The number of hydrogen-bond acceptors (Lipinski definition) is 3. The summed E-state index contributed by atoms with van der Waals surface area (Å²) in [6.45, 7) is 2.63. The van der Waals surface area contributed by atoms with Gasteiger partial charge in [0.15, 0.2) is 0 Å². The first kappa shape index (κ1) is 14.5. The molecular formula is C16H20N2O2. The summed E-state index contributed by atoms with van der Waals surface area (Å²) in [5.74, 6) is -0.777. The molecule has 0 amide bonds. The Balaban J connectivity index is 2.01. The van der Waals surface area contributed by atoms with Crippen LogP contribution in [0.3, 0.4) is 0 Å². The van der Waals surface area contributed by atoms with Gasteiger partial charge in [-0.05, 0) is 30.2 Å². The maximum absolute atomic E-state index is 11.2. The van der Waals surface area contributed by atoms with Gasteiger partial charge in [0.1, 0.15) is 6.04 Å². The highest BCUT2D eigenvalue weighted by Crippen LogP contribution is 2.13. The summed E-state index contributed by atoms with van der Waals surface area (Å²) in [5.41, 5.74) is 2.03. The van der Waals surface area contributed by atoms with Crippen LogP contribution in [-0.4, -0.2) is 22.1 Å². The fraction of sp³-hybridized carbons (Fsp3) is 0.375. The second kappa shape index (κ2) is 7.01. The Morgan fingerprint density at radius 2 is 2.25 bits per heavy atom. The number of carboxylic acid groups (broad SMARTS) is 1. The van der Waals surface area contributed by atoms with Gasteiger partial charge in [-0.1, -0.05) is 31.9 Å². The molecule has 2 N–H and O–H groups in total. The Labute approximate surface area is 118 Å². The molecule has 4 heteroatoms. The minimum Gasteiger partial charge on any atom is -0.480 e. The molecular weight excluding hydrogens is 252 g/mol. The van der Waals surface area contributed by atoms with Crippen molar-refractivity contribution in [3.63, 3.8) is 0 Å². The zero-order chi connectivity index (χ0) is 14.4. The highest BCUT2D eigenvalue weighted by atomic mass is 16.4. The standard InChI is InChI=1S/C16H20N2O2/c1-2-3-6-15(16(19)20)18-11-12-7-8-14-13(10-12)5-4-9-17-14/h4-5,7-10,15,18H,2-3,6,11H2,1H3,(H,19,20). The predicted molar refractivity (Wildman–Crippen MR) is 79.5 cm³/mol. The van der Waals surface area contributed by atoms with Crippen molar-refractivity contribution < 1.29 is 9.90 Å². The van der Waals surface area contributed by atoms with E-state index in [4.69, 9.17) is 0 Å². The molecule has 0 radical (unpaired) electrons. The summed E-state index contributed by atoms with van der Waals surface area (Å²) < 4.78 is 0. The van der Waals surface area contributed by atoms with Crippen LogP contribution in [0.5, 0.6) is 0 Å².